The normalized spacial score (nSPS) is 23.7. The topological polar surface area (TPSA) is 73.0 Å². The molecule has 2 fully saturated rings. The number of hydrogen-bond acceptors (Lipinski definition) is 5. The maximum absolute atomic E-state index is 14.3. The molecule has 176 valence electrons. The predicted molar refractivity (Wildman–Crippen MR) is 135 cm³/mol. The quantitative estimate of drug-likeness (QED) is 0.557. The highest BCUT2D eigenvalue weighted by Gasteiger charge is 2.63. The van der Waals surface area contributed by atoms with E-state index >= 15 is 0 Å². The van der Waals surface area contributed by atoms with Crippen LogP contribution in [0, 0.1) is 5.41 Å². The van der Waals surface area contributed by atoms with Crippen LogP contribution in [0.4, 0.5) is 21.9 Å². The van der Waals surface area contributed by atoms with E-state index in [1.54, 1.807) is 24.3 Å². The van der Waals surface area contributed by atoms with Gasteiger partial charge in [-0.25, -0.2) is 9.69 Å². The van der Waals surface area contributed by atoms with Crippen molar-refractivity contribution in [3.8, 4) is 0 Å². The lowest BCUT2D eigenvalue weighted by Crippen LogP contribution is -2.75. The van der Waals surface area contributed by atoms with Gasteiger partial charge in [0.05, 0.1) is 11.7 Å². The molecule has 1 spiro atoms. The maximum atomic E-state index is 14.3. The van der Waals surface area contributed by atoms with Crippen molar-refractivity contribution in [1.82, 2.24) is 5.32 Å². The molecule has 0 bridgehead atoms. The lowest BCUT2D eigenvalue weighted by atomic mass is 9.67. The van der Waals surface area contributed by atoms with Crippen LogP contribution in [0.5, 0.6) is 0 Å². The first-order chi connectivity index (χ1) is 17.0. The van der Waals surface area contributed by atoms with Crippen LogP contribution in [-0.4, -0.2) is 43.5 Å². The van der Waals surface area contributed by atoms with Crippen molar-refractivity contribution in [1.29, 1.82) is 0 Å². The molecule has 7 nitrogen and oxygen atoms in total. The number of hydrogen-bond donors (Lipinski definition) is 1. The number of carbonyl (C=O) groups excluding carboxylic acids is 3. The Morgan fingerprint density at radius 2 is 1.60 bits per heavy atom. The van der Waals surface area contributed by atoms with Crippen LogP contribution in [0.1, 0.15) is 5.56 Å². The second-order valence-electron chi connectivity index (χ2n) is 9.15. The molecule has 0 aromatic heterocycles. The van der Waals surface area contributed by atoms with E-state index in [0.29, 0.717) is 23.8 Å². The van der Waals surface area contributed by atoms with Gasteiger partial charge in [0.2, 0.25) is 5.91 Å². The van der Waals surface area contributed by atoms with Crippen LogP contribution in [0.3, 0.4) is 0 Å². The van der Waals surface area contributed by atoms with E-state index in [1.807, 2.05) is 54.6 Å². The lowest BCUT2D eigenvalue weighted by Gasteiger charge is -2.55. The van der Waals surface area contributed by atoms with Crippen molar-refractivity contribution in [3.63, 3.8) is 0 Å². The van der Waals surface area contributed by atoms with Crippen molar-refractivity contribution in [3.05, 3.63) is 89.4 Å². The third-order valence-corrected chi connectivity index (χ3v) is 7.56. The summed E-state index contributed by atoms with van der Waals surface area (Å²) < 4.78 is 0. The van der Waals surface area contributed by atoms with E-state index in [0.717, 1.165) is 28.4 Å². The van der Waals surface area contributed by atoms with Gasteiger partial charge < -0.3 is 9.80 Å². The molecule has 3 aliphatic heterocycles. The Labute approximate surface area is 207 Å². The number of nitrogens with zero attached hydrogens (tertiary/aromatic N) is 3. The predicted octanol–water partition coefficient (Wildman–Crippen LogP) is 3.86. The fourth-order valence-corrected chi connectivity index (χ4v) is 5.86. The van der Waals surface area contributed by atoms with E-state index in [2.05, 4.69) is 15.1 Å². The molecule has 1 N–H and O–H groups in total. The lowest BCUT2D eigenvalue weighted by molar-refractivity contribution is -0.144. The average molecular weight is 487 g/mol. The molecule has 0 radical (unpaired) electrons. The van der Waals surface area contributed by atoms with Crippen LogP contribution in [0.15, 0.2) is 78.9 Å². The summed E-state index contributed by atoms with van der Waals surface area (Å²) in [5, 5.41) is 2.90. The summed E-state index contributed by atoms with van der Waals surface area (Å²) in [6.45, 7) is 1.86. The minimum atomic E-state index is -1.47. The highest BCUT2D eigenvalue weighted by atomic mass is 35.5. The molecule has 2 atom stereocenters. The van der Waals surface area contributed by atoms with Gasteiger partial charge >= 0.3 is 6.03 Å². The van der Waals surface area contributed by atoms with Crippen LogP contribution in [0.2, 0.25) is 5.02 Å². The van der Waals surface area contributed by atoms with Crippen LogP contribution < -0.4 is 20.0 Å². The first-order valence-corrected chi connectivity index (χ1v) is 12.0. The summed E-state index contributed by atoms with van der Waals surface area (Å²) in [5.41, 5.74) is 1.85. The molecule has 4 amide bonds. The minimum absolute atomic E-state index is 0.210. The summed E-state index contributed by atoms with van der Waals surface area (Å²) >= 11 is 6.18. The van der Waals surface area contributed by atoms with Crippen LogP contribution in [-0.2, 0) is 16.0 Å². The third-order valence-electron chi connectivity index (χ3n) is 7.32. The van der Waals surface area contributed by atoms with Crippen molar-refractivity contribution >= 4 is 46.5 Å². The number of anilines is 3. The standard InChI is InChI=1S/C27H23ClN4O3/c28-19-8-6-11-21(15-19)32-25(34)27(24(33)29-26(32)35)16-18-7-4-5-12-22(18)31-14-13-30(17-23(27)31)20-9-2-1-3-10-20/h1-12,15,23H,13-14,16-17H2,(H,29,33,35)/t23-,27+/m1/s1. The van der Waals surface area contributed by atoms with Crippen molar-refractivity contribution in [2.45, 2.75) is 12.5 Å². The van der Waals surface area contributed by atoms with E-state index in [-0.39, 0.29) is 6.42 Å². The van der Waals surface area contributed by atoms with Gasteiger partial charge in [-0.3, -0.25) is 14.9 Å². The Bertz CT molecular complexity index is 1350. The number of imide groups is 2. The molecular formula is C27H23ClN4O3. The number of barbiturate groups is 1. The molecule has 35 heavy (non-hydrogen) atoms. The minimum Gasteiger partial charge on any atom is -0.368 e. The number of fused-ring (bicyclic) bond motifs is 4. The molecule has 3 heterocycles. The average Bonchev–Trinajstić information content (AvgIpc) is 2.87. The van der Waals surface area contributed by atoms with Gasteiger partial charge in [-0.1, -0.05) is 54.1 Å². The fraction of sp³-hybridized carbons (Fsp3) is 0.222. The Morgan fingerprint density at radius 3 is 2.40 bits per heavy atom. The zero-order valence-electron chi connectivity index (χ0n) is 18.9. The molecule has 6 rings (SSSR count). The van der Waals surface area contributed by atoms with Gasteiger partial charge in [0, 0.05) is 36.0 Å². The largest absolute Gasteiger partial charge is 0.368 e. The second-order valence-corrected chi connectivity index (χ2v) is 9.58. The van der Waals surface area contributed by atoms with Gasteiger partial charge in [-0.15, -0.1) is 0 Å². The zero-order chi connectivity index (χ0) is 24.2. The van der Waals surface area contributed by atoms with Gasteiger partial charge in [-0.05, 0) is 48.4 Å². The summed E-state index contributed by atoms with van der Waals surface area (Å²) in [5.74, 6) is -1.07. The third kappa shape index (κ3) is 3.30. The molecule has 0 saturated carbocycles. The van der Waals surface area contributed by atoms with Crippen molar-refractivity contribution in [2.24, 2.45) is 5.41 Å². The summed E-state index contributed by atoms with van der Waals surface area (Å²) in [6.07, 6.45) is 0.210. The molecule has 2 saturated heterocycles. The van der Waals surface area contributed by atoms with E-state index < -0.39 is 29.3 Å². The number of benzene rings is 3. The smallest absolute Gasteiger partial charge is 0.335 e. The van der Waals surface area contributed by atoms with E-state index in [1.165, 1.54) is 0 Å². The Hall–Kier alpha value is -3.84. The molecule has 3 aliphatic rings. The fourth-order valence-electron chi connectivity index (χ4n) is 5.68. The van der Waals surface area contributed by atoms with Gasteiger partial charge in [0.25, 0.3) is 5.91 Å². The first kappa shape index (κ1) is 21.7. The maximum Gasteiger partial charge on any atom is 0.335 e. The van der Waals surface area contributed by atoms with Gasteiger partial charge in [0.1, 0.15) is 0 Å². The molecule has 3 aromatic rings. The van der Waals surface area contributed by atoms with Crippen LogP contribution >= 0.6 is 11.6 Å². The molecular weight excluding hydrogens is 464 g/mol. The second kappa shape index (κ2) is 8.13. The number of piperazine rings is 1. The highest BCUT2D eigenvalue weighted by Crippen LogP contribution is 2.46. The number of nitrogens with one attached hydrogen (secondary N) is 1. The number of rotatable bonds is 2. The van der Waals surface area contributed by atoms with E-state index in [4.69, 9.17) is 11.6 Å². The van der Waals surface area contributed by atoms with E-state index in [9.17, 15) is 14.4 Å². The van der Waals surface area contributed by atoms with Crippen LogP contribution in [0.25, 0.3) is 0 Å². The SMILES string of the molecule is O=C1NC(=O)[C@@]2(Cc3ccccc3N3CCN(c4ccccc4)C[C@@H]32)C(=O)N1c1cccc(Cl)c1. The zero-order valence-corrected chi connectivity index (χ0v) is 19.6. The Balaban J connectivity index is 1.49. The summed E-state index contributed by atoms with van der Waals surface area (Å²) in [7, 11) is 0. The summed E-state index contributed by atoms with van der Waals surface area (Å²) in [6, 6.07) is 23.2. The Kier molecular flexibility index (Phi) is 5.04. The number of urea groups is 1. The number of carbonyl (C=O) groups is 3. The molecule has 0 unspecified atom stereocenters. The highest BCUT2D eigenvalue weighted by molar-refractivity contribution is 6.33. The van der Waals surface area contributed by atoms with Gasteiger partial charge in [-0.2, -0.15) is 0 Å². The van der Waals surface area contributed by atoms with Crippen molar-refractivity contribution in [2.75, 3.05) is 34.3 Å². The number of amides is 4. The number of halogens is 1. The van der Waals surface area contributed by atoms with Gasteiger partial charge in [0.15, 0.2) is 5.41 Å². The Morgan fingerprint density at radius 1 is 0.857 bits per heavy atom. The summed E-state index contributed by atoms with van der Waals surface area (Å²) in [4.78, 5) is 46.4. The molecule has 3 aromatic carbocycles. The van der Waals surface area contributed by atoms with Crippen molar-refractivity contribution < 1.29 is 14.4 Å². The molecule has 0 aliphatic carbocycles. The number of para-hydroxylation sites is 2. The molecule has 8 heteroatoms. The first-order valence-electron chi connectivity index (χ1n) is 11.6. The monoisotopic (exact) mass is 486 g/mol.